The van der Waals surface area contributed by atoms with Gasteiger partial charge in [0.2, 0.25) is 11.8 Å². The normalized spacial score (nSPS) is 20.5. The number of aromatic nitrogens is 3. The molecule has 0 bridgehead atoms. The molecule has 1 atom stereocenters. The molecule has 82 valence electrons. The largest absolute Gasteiger partial charge is 0.493 e. The van der Waals surface area contributed by atoms with Crippen LogP contribution in [0.4, 0.5) is 19.1 Å². The van der Waals surface area contributed by atoms with Gasteiger partial charge in [-0.3, -0.25) is 0 Å². The number of rotatable bonds is 0. The van der Waals surface area contributed by atoms with Crippen molar-refractivity contribution in [1.29, 1.82) is 0 Å². The lowest BCUT2D eigenvalue weighted by atomic mass is 10.3. The maximum Gasteiger partial charge on any atom is 0.453 e. The van der Waals surface area contributed by atoms with Gasteiger partial charge in [-0.15, -0.1) is 5.10 Å². The molecular formula is C7H7F3N4O. The highest BCUT2D eigenvalue weighted by Crippen LogP contribution is 2.29. The highest BCUT2D eigenvalue weighted by Gasteiger charge is 2.38. The van der Waals surface area contributed by atoms with E-state index in [9.17, 15) is 18.3 Å². The van der Waals surface area contributed by atoms with Gasteiger partial charge in [0.15, 0.2) is 0 Å². The van der Waals surface area contributed by atoms with Crippen LogP contribution in [0.15, 0.2) is 6.08 Å². The second-order valence-corrected chi connectivity index (χ2v) is 3.13. The van der Waals surface area contributed by atoms with Crippen molar-refractivity contribution >= 4 is 11.8 Å². The van der Waals surface area contributed by atoms with Crippen LogP contribution in [0.3, 0.4) is 0 Å². The first kappa shape index (κ1) is 9.81. The molecule has 0 amide bonds. The van der Waals surface area contributed by atoms with Gasteiger partial charge in [-0.1, -0.05) is 0 Å². The summed E-state index contributed by atoms with van der Waals surface area (Å²) in [5.74, 6) is -1.76. The van der Waals surface area contributed by atoms with Crippen LogP contribution in [-0.4, -0.2) is 25.9 Å². The Morgan fingerprint density at radius 1 is 1.53 bits per heavy atom. The van der Waals surface area contributed by atoms with Crippen molar-refractivity contribution in [2.24, 2.45) is 0 Å². The van der Waals surface area contributed by atoms with Crippen molar-refractivity contribution in [1.82, 2.24) is 14.8 Å². The molecule has 15 heavy (non-hydrogen) atoms. The standard InChI is InChI=1S/C7H7F3N4O/c1-3-2-4(15)14-6(11-3)12-5(13-14)7(8,9)10/h2-3,15H,1H3,(H,11,12,13). The summed E-state index contributed by atoms with van der Waals surface area (Å²) in [5.41, 5.74) is 0. The second kappa shape index (κ2) is 2.88. The predicted octanol–water partition coefficient (Wildman–Crippen LogP) is 1.47. The Bertz CT molecular complexity index is 422. The molecule has 1 unspecified atom stereocenters. The highest BCUT2D eigenvalue weighted by atomic mass is 19.4. The summed E-state index contributed by atoms with van der Waals surface area (Å²) in [4.78, 5) is 3.24. The van der Waals surface area contributed by atoms with Gasteiger partial charge in [-0.05, 0) is 13.0 Å². The van der Waals surface area contributed by atoms with E-state index in [1.165, 1.54) is 6.08 Å². The fourth-order valence-corrected chi connectivity index (χ4v) is 1.22. The first-order valence-electron chi connectivity index (χ1n) is 4.10. The van der Waals surface area contributed by atoms with Crippen molar-refractivity contribution < 1.29 is 18.3 Å². The van der Waals surface area contributed by atoms with E-state index in [-0.39, 0.29) is 17.9 Å². The minimum Gasteiger partial charge on any atom is -0.493 e. The Morgan fingerprint density at radius 2 is 2.20 bits per heavy atom. The molecule has 0 aromatic carbocycles. The van der Waals surface area contributed by atoms with Crippen LogP contribution in [-0.2, 0) is 6.18 Å². The molecule has 0 fully saturated rings. The summed E-state index contributed by atoms with van der Waals surface area (Å²) in [6.07, 6.45) is -3.28. The van der Waals surface area contributed by atoms with E-state index < -0.39 is 12.0 Å². The zero-order chi connectivity index (χ0) is 11.2. The van der Waals surface area contributed by atoms with Crippen LogP contribution in [0, 0.1) is 0 Å². The Hall–Kier alpha value is -1.73. The first-order chi connectivity index (χ1) is 6.88. The van der Waals surface area contributed by atoms with E-state index in [2.05, 4.69) is 15.4 Å². The van der Waals surface area contributed by atoms with E-state index in [1.54, 1.807) is 6.92 Å². The third-order valence-electron chi connectivity index (χ3n) is 1.83. The van der Waals surface area contributed by atoms with E-state index in [4.69, 9.17) is 0 Å². The monoisotopic (exact) mass is 220 g/mol. The molecule has 1 aromatic heterocycles. The molecule has 0 saturated carbocycles. The number of fused-ring (bicyclic) bond motifs is 1. The number of halogens is 3. The minimum absolute atomic E-state index is 0.116. The summed E-state index contributed by atoms with van der Waals surface area (Å²) in [5, 5.41) is 15.1. The fourth-order valence-electron chi connectivity index (χ4n) is 1.22. The zero-order valence-corrected chi connectivity index (χ0v) is 7.58. The summed E-state index contributed by atoms with van der Waals surface area (Å²) in [6, 6.07) is -0.289. The lowest BCUT2D eigenvalue weighted by Crippen LogP contribution is -2.22. The highest BCUT2D eigenvalue weighted by molar-refractivity contribution is 5.50. The Balaban J connectivity index is 2.46. The Labute approximate surface area is 82.2 Å². The first-order valence-corrected chi connectivity index (χ1v) is 4.10. The number of nitrogens with one attached hydrogen (secondary N) is 1. The summed E-state index contributed by atoms with van der Waals surface area (Å²) in [6.45, 7) is 1.67. The van der Waals surface area contributed by atoms with Crippen molar-refractivity contribution in [3.05, 3.63) is 11.9 Å². The van der Waals surface area contributed by atoms with Crippen LogP contribution in [0.25, 0.3) is 5.88 Å². The van der Waals surface area contributed by atoms with Crippen LogP contribution < -0.4 is 5.32 Å². The average molecular weight is 220 g/mol. The van der Waals surface area contributed by atoms with Gasteiger partial charge in [0.25, 0.3) is 5.82 Å². The summed E-state index contributed by atoms with van der Waals surface area (Å²) >= 11 is 0. The maximum absolute atomic E-state index is 12.2. The number of hydrogen-bond acceptors (Lipinski definition) is 4. The fraction of sp³-hybridized carbons (Fsp3) is 0.429. The van der Waals surface area contributed by atoms with Gasteiger partial charge in [0, 0.05) is 6.04 Å². The van der Waals surface area contributed by atoms with E-state index in [0.717, 1.165) is 0 Å². The number of nitrogens with zero attached hydrogens (tertiary/aromatic N) is 3. The molecule has 2 rings (SSSR count). The topological polar surface area (TPSA) is 63.0 Å². The van der Waals surface area contributed by atoms with Gasteiger partial charge in [-0.2, -0.15) is 22.8 Å². The van der Waals surface area contributed by atoms with E-state index >= 15 is 0 Å². The quantitative estimate of drug-likeness (QED) is 0.694. The summed E-state index contributed by atoms with van der Waals surface area (Å²) in [7, 11) is 0. The molecular weight excluding hydrogens is 213 g/mol. The minimum atomic E-state index is -4.62. The van der Waals surface area contributed by atoms with Crippen molar-refractivity contribution in [3.8, 4) is 0 Å². The molecule has 2 heterocycles. The number of anilines is 1. The molecule has 0 spiro atoms. The van der Waals surface area contributed by atoms with E-state index in [0.29, 0.717) is 4.68 Å². The number of alkyl halides is 3. The third-order valence-corrected chi connectivity index (χ3v) is 1.83. The van der Waals surface area contributed by atoms with Crippen molar-refractivity contribution in [3.63, 3.8) is 0 Å². The van der Waals surface area contributed by atoms with Gasteiger partial charge < -0.3 is 10.4 Å². The smallest absolute Gasteiger partial charge is 0.453 e. The molecule has 1 aliphatic rings. The van der Waals surface area contributed by atoms with Crippen molar-refractivity contribution in [2.45, 2.75) is 19.1 Å². The van der Waals surface area contributed by atoms with Gasteiger partial charge in [-0.25, -0.2) is 0 Å². The van der Waals surface area contributed by atoms with Crippen LogP contribution in [0.1, 0.15) is 12.7 Å². The van der Waals surface area contributed by atoms with Crippen LogP contribution in [0.2, 0.25) is 0 Å². The van der Waals surface area contributed by atoms with Crippen molar-refractivity contribution in [2.75, 3.05) is 5.32 Å². The molecule has 0 saturated heterocycles. The number of aliphatic hydroxyl groups is 1. The number of aliphatic hydroxyl groups excluding tert-OH is 1. The Morgan fingerprint density at radius 3 is 2.80 bits per heavy atom. The lowest BCUT2D eigenvalue weighted by molar-refractivity contribution is -0.144. The molecule has 2 N–H and O–H groups in total. The predicted molar refractivity (Wildman–Crippen MR) is 45.0 cm³/mol. The number of hydrogen-bond donors (Lipinski definition) is 2. The molecule has 8 heteroatoms. The molecule has 5 nitrogen and oxygen atoms in total. The average Bonchev–Trinajstić information content (AvgIpc) is 2.46. The summed E-state index contributed by atoms with van der Waals surface area (Å²) < 4.78 is 37.4. The third kappa shape index (κ3) is 1.62. The van der Waals surface area contributed by atoms with Crippen LogP contribution in [0.5, 0.6) is 0 Å². The lowest BCUT2D eigenvalue weighted by Gasteiger charge is -2.16. The second-order valence-electron chi connectivity index (χ2n) is 3.13. The van der Waals surface area contributed by atoms with Gasteiger partial charge in [0.05, 0.1) is 0 Å². The molecule has 1 aromatic rings. The van der Waals surface area contributed by atoms with Gasteiger partial charge in [0.1, 0.15) is 0 Å². The molecule has 1 aliphatic heterocycles. The molecule has 0 aliphatic carbocycles. The molecule has 0 radical (unpaired) electrons. The maximum atomic E-state index is 12.2. The van der Waals surface area contributed by atoms with E-state index in [1.807, 2.05) is 0 Å². The zero-order valence-electron chi connectivity index (χ0n) is 7.58. The SMILES string of the molecule is CC1C=C(O)n2nc(C(F)(F)F)nc2N1. The van der Waals surface area contributed by atoms with Gasteiger partial charge >= 0.3 is 6.18 Å². The van der Waals surface area contributed by atoms with Crippen LogP contribution >= 0.6 is 0 Å². The Kier molecular flexibility index (Phi) is 1.88.